The Morgan fingerprint density at radius 3 is 2.76 bits per heavy atom. The SMILES string of the molecule is CC(=O)C1=C(CC(C)C)CS[C@@H]2[C@H](NC(=O)Cc3cccs3)C(=O)N12. The number of carbonyl (C=O) groups excluding carboxylic acids is 3. The molecule has 2 aliphatic heterocycles. The van der Waals surface area contributed by atoms with Gasteiger partial charge in [0.2, 0.25) is 5.91 Å². The molecule has 25 heavy (non-hydrogen) atoms. The van der Waals surface area contributed by atoms with E-state index in [9.17, 15) is 14.4 Å². The average molecular weight is 379 g/mol. The van der Waals surface area contributed by atoms with Crippen molar-refractivity contribution >= 4 is 40.7 Å². The van der Waals surface area contributed by atoms with Crippen LogP contribution in [-0.2, 0) is 20.8 Å². The van der Waals surface area contributed by atoms with Gasteiger partial charge in [0.05, 0.1) is 12.1 Å². The number of fused-ring (bicyclic) bond motifs is 1. The minimum absolute atomic E-state index is 0.0716. The van der Waals surface area contributed by atoms with Gasteiger partial charge in [-0.15, -0.1) is 23.1 Å². The Kier molecular flexibility index (Phi) is 5.34. The van der Waals surface area contributed by atoms with Gasteiger partial charge < -0.3 is 5.32 Å². The van der Waals surface area contributed by atoms with Crippen molar-refractivity contribution in [1.29, 1.82) is 0 Å². The first-order valence-corrected chi connectivity index (χ1v) is 10.3. The maximum Gasteiger partial charge on any atom is 0.253 e. The summed E-state index contributed by atoms with van der Waals surface area (Å²) in [7, 11) is 0. The van der Waals surface area contributed by atoms with E-state index in [0.717, 1.165) is 22.6 Å². The molecule has 0 radical (unpaired) electrons. The second-order valence-corrected chi connectivity index (χ2v) is 8.95. The molecule has 5 nitrogen and oxygen atoms in total. The van der Waals surface area contributed by atoms with Gasteiger partial charge in [-0.05, 0) is 29.4 Å². The number of ketones is 1. The molecule has 1 aromatic rings. The third-order valence-electron chi connectivity index (χ3n) is 4.27. The van der Waals surface area contributed by atoms with E-state index in [1.807, 2.05) is 17.5 Å². The minimum Gasteiger partial charge on any atom is -0.341 e. The molecule has 134 valence electrons. The third kappa shape index (κ3) is 3.67. The van der Waals surface area contributed by atoms with Crippen LogP contribution in [0.1, 0.15) is 32.1 Å². The number of thioether (sulfide) groups is 1. The summed E-state index contributed by atoms with van der Waals surface area (Å²) in [6.45, 7) is 5.72. The van der Waals surface area contributed by atoms with Crippen molar-refractivity contribution in [1.82, 2.24) is 10.2 Å². The Hall–Kier alpha value is -1.60. The van der Waals surface area contributed by atoms with E-state index in [1.54, 1.807) is 16.7 Å². The number of rotatable bonds is 6. The van der Waals surface area contributed by atoms with E-state index < -0.39 is 6.04 Å². The van der Waals surface area contributed by atoms with E-state index in [1.165, 1.54) is 18.3 Å². The Morgan fingerprint density at radius 2 is 2.16 bits per heavy atom. The summed E-state index contributed by atoms with van der Waals surface area (Å²) >= 11 is 3.15. The standard InChI is InChI=1S/C18H22N2O3S2/c1-10(2)7-12-9-25-18-15(17(23)20(18)16(12)11(3)21)19-14(22)8-13-5-4-6-24-13/h4-6,10,15,18H,7-9H2,1-3H3,(H,19,22)/t15-,18-/m1/s1. The molecule has 0 saturated carbocycles. The van der Waals surface area contributed by atoms with Crippen LogP contribution < -0.4 is 5.32 Å². The molecule has 0 spiro atoms. The third-order valence-corrected chi connectivity index (χ3v) is 6.48. The van der Waals surface area contributed by atoms with Crippen LogP contribution in [0.25, 0.3) is 0 Å². The zero-order valence-electron chi connectivity index (χ0n) is 14.6. The quantitative estimate of drug-likeness (QED) is 0.773. The molecule has 3 rings (SSSR count). The molecule has 2 atom stereocenters. The average Bonchev–Trinajstić information content (AvgIpc) is 3.04. The summed E-state index contributed by atoms with van der Waals surface area (Å²) in [4.78, 5) is 39.5. The fourth-order valence-electron chi connectivity index (χ4n) is 3.29. The number of nitrogens with one attached hydrogen (secondary N) is 1. The Morgan fingerprint density at radius 1 is 1.40 bits per heavy atom. The van der Waals surface area contributed by atoms with Crippen LogP contribution in [0, 0.1) is 5.92 Å². The number of carbonyl (C=O) groups is 3. The fourth-order valence-corrected chi connectivity index (χ4v) is 5.36. The second kappa shape index (κ2) is 7.33. The number of allylic oxidation sites excluding steroid dienone is 1. The number of β-lactam (4-membered cyclic amide) rings is 1. The summed E-state index contributed by atoms with van der Waals surface area (Å²) in [5.74, 6) is 0.765. The maximum absolute atomic E-state index is 12.6. The number of hydrogen-bond acceptors (Lipinski definition) is 5. The zero-order chi connectivity index (χ0) is 18.1. The van der Waals surface area contributed by atoms with Crippen LogP contribution in [0.2, 0.25) is 0 Å². The van der Waals surface area contributed by atoms with Gasteiger partial charge in [0.15, 0.2) is 5.78 Å². The minimum atomic E-state index is -0.535. The molecule has 1 N–H and O–H groups in total. The number of amides is 2. The molecule has 0 unspecified atom stereocenters. The summed E-state index contributed by atoms with van der Waals surface area (Å²) in [6.07, 6.45) is 1.10. The highest BCUT2D eigenvalue weighted by Crippen LogP contribution is 2.42. The molecule has 1 saturated heterocycles. The first-order valence-electron chi connectivity index (χ1n) is 8.38. The molecule has 0 bridgehead atoms. The van der Waals surface area contributed by atoms with E-state index in [4.69, 9.17) is 0 Å². The largest absolute Gasteiger partial charge is 0.341 e. The van der Waals surface area contributed by atoms with Gasteiger partial charge in [0.25, 0.3) is 5.91 Å². The van der Waals surface area contributed by atoms with E-state index >= 15 is 0 Å². The Bertz CT molecular complexity index is 725. The number of thiophene rings is 1. The van der Waals surface area contributed by atoms with Crippen molar-refractivity contribution in [3.05, 3.63) is 33.7 Å². The Labute approximate surface area is 155 Å². The van der Waals surface area contributed by atoms with Crippen LogP contribution >= 0.6 is 23.1 Å². The molecule has 3 heterocycles. The van der Waals surface area contributed by atoms with Gasteiger partial charge in [0.1, 0.15) is 11.4 Å². The second-order valence-electron chi connectivity index (χ2n) is 6.82. The van der Waals surface area contributed by atoms with E-state index in [-0.39, 0.29) is 29.4 Å². The molecule has 0 aromatic carbocycles. The number of hydrogen-bond donors (Lipinski definition) is 1. The molecule has 7 heteroatoms. The number of Topliss-reactive ketones (excluding diaryl/α,β-unsaturated/α-hetero) is 1. The lowest BCUT2D eigenvalue weighted by molar-refractivity contribution is -0.147. The summed E-state index contributed by atoms with van der Waals surface area (Å²) in [5.41, 5.74) is 1.59. The van der Waals surface area contributed by atoms with Crippen molar-refractivity contribution in [3.8, 4) is 0 Å². The molecular formula is C18H22N2O3S2. The Balaban J connectivity index is 1.71. The first-order chi connectivity index (χ1) is 11.9. The lowest BCUT2D eigenvalue weighted by atomic mass is 9.96. The number of nitrogens with zero attached hydrogens (tertiary/aromatic N) is 1. The lowest BCUT2D eigenvalue weighted by Crippen LogP contribution is -2.70. The van der Waals surface area contributed by atoms with Crippen LogP contribution in [0.15, 0.2) is 28.8 Å². The van der Waals surface area contributed by atoms with Crippen LogP contribution in [0.4, 0.5) is 0 Å². The van der Waals surface area contributed by atoms with Crippen molar-refractivity contribution in [3.63, 3.8) is 0 Å². The highest BCUT2D eigenvalue weighted by Gasteiger charge is 2.53. The molecule has 1 aromatic heterocycles. The van der Waals surface area contributed by atoms with Gasteiger partial charge in [-0.3, -0.25) is 19.3 Å². The topological polar surface area (TPSA) is 66.5 Å². The monoisotopic (exact) mass is 378 g/mol. The predicted molar refractivity (Wildman–Crippen MR) is 100 cm³/mol. The smallest absolute Gasteiger partial charge is 0.253 e. The van der Waals surface area contributed by atoms with Crippen LogP contribution in [0.3, 0.4) is 0 Å². The van der Waals surface area contributed by atoms with Crippen molar-refractivity contribution < 1.29 is 14.4 Å². The molecule has 2 amide bonds. The van der Waals surface area contributed by atoms with Gasteiger partial charge in [-0.25, -0.2) is 0 Å². The molecule has 0 aliphatic carbocycles. The van der Waals surface area contributed by atoms with Gasteiger partial charge >= 0.3 is 0 Å². The van der Waals surface area contributed by atoms with Gasteiger partial charge in [-0.1, -0.05) is 19.9 Å². The molecule has 1 fully saturated rings. The van der Waals surface area contributed by atoms with E-state index in [0.29, 0.717) is 11.6 Å². The van der Waals surface area contributed by atoms with Gasteiger partial charge in [-0.2, -0.15) is 0 Å². The lowest BCUT2D eigenvalue weighted by Gasteiger charge is -2.50. The van der Waals surface area contributed by atoms with Crippen molar-refractivity contribution in [2.24, 2.45) is 5.92 Å². The predicted octanol–water partition coefficient (Wildman–Crippen LogP) is 2.58. The summed E-state index contributed by atoms with van der Waals surface area (Å²) in [5, 5.41) is 4.60. The first kappa shape index (κ1) is 18.2. The van der Waals surface area contributed by atoms with Crippen LogP contribution in [-0.4, -0.2) is 39.7 Å². The maximum atomic E-state index is 12.6. The molecule has 2 aliphatic rings. The van der Waals surface area contributed by atoms with Crippen molar-refractivity contribution in [2.45, 2.75) is 45.0 Å². The van der Waals surface area contributed by atoms with E-state index in [2.05, 4.69) is 19.2 Å². The zero-order valence-corrected chi connectivity index (χ0v) is 16.2. The van der Waals surface area contributed by atoms with Crippen LogP contribution in [0.5, 0.6) is 0 Å². The summed E-state index contributed by atoms with van der Waals surface area (Å²) in [6, 6.07) is 3.27. The van der Waals surface area contributed by atoms with Gasteiger partial charge in [0, 0.05) is 17.6 Å². The normalized spacial score (nSPS) is 22.7. The molecular weight excluding hydrogens is 356 g/mol. The fraction of sp³-hybridized carbons (Fsp3) is 0.500. The highest BCUT2D eigenvalue weighted by molar-refractivity contribution is 8.00. The van der Waals surface area contributed by atoms with Crippen molar-refractivity contribution in [2.75, 3.05) is 5.75 Å². The highest BCUT2D eigenvalue weighted by atomic mass is 32.2. The summed E-state index contributed by atoms with van der Waals surface area (Å²) < 4.78 is 0.